The molecular weight excluding hydrogens is 475 g/mol. The van der Waals surface area contributed by atoms with Crippen molar-refractivity contribution in [2.45, 2.75) is 20.4 Å². The van der Waals surface area contributed by atoms with Crippen molar-refractivity contribution in [3.8, 4) is 5.69 Å². The molecule has 0 amide bonds. The Labute approximate surface area is 191 Å². The molecule has 4 aromatic rings. The number of anilines is 1. The zero-order chi connectivity index (χ0) is 23.0. The van der Waals surface area contributed by atoms with Gasteiger partial charge in [0.2, 0.25) is 0 Å². The Morgan fingerprint density at radius 1 is 1.28 bits per heavy atom. The molecule has 0 aliphatic heterocycles. The van der Waals surface area contributed by atoms with E-state index in [0.29, 0.717) is 31.8 Å². The maximum Gasteiger partial charge on any atom is 0.263 e. The number of hydrogen-bond donors (Lipinski definition) is 1. The van der Waals surface area contributed by atoms with E-state index >= 15 is 0 Å². The Morgan fingerprint density at radius 3 is 2.72 bits per heavy atom. The Balaban J connectivity index is 2.09. The summed E-state index contributed by atoms with van der Waals surface area (Å²) in [6, 6.07) is 8.01. The monoisotopic (exact) mass is 494 g/mol. The van der Waals surface area contributed by atoms with Crippen LogP contribution in [0.15, 0.2) is 58.7 Å². The van der Waals surface area contributed by atoms with E-state index in [4.69, 9.17) is 5.73 Å². The van der Waals surface area contributed by atoms with E-state index in [9.17, 15) is 9.18 Å². The summed E-state index contributed by atoms with van der Waals surface area (Å²) in [5, 5.41) is 6.23. The molecule has 0 unspecified atom stereocenters. The van der Waals surface area contributed by atoms with Gasteiger partial charge in [-0.25, -0.2) is 19.0 Å². The van der Waals surface area contributed by atoms with Crippen molar-refractivity contribution in [2.24, 2.45) is 0 Å². The molecule has 0 atom stereocenters. The van der Waals surface area contributed by atoms with Gasteiger partial charge in [0.25, 0.3) is 5.56 Å². The molecule has 4 rings (SSSR count). The van der Waals surface area contributed by atoms with Gasteiger partial charge in [-0.3, -0.25) is 9.36 Å². The first-order valence-electron chi connectivity index (χ1n) is 9.76. The lowest BCUT2D eigenvalue weighted by Crippen LogP contribution is -2.47. The van der Waals surface area contributed by atoms with Gasteiger partial charge in [0, 0.05) is 10.9 Å². The lowest BCUT2D eigenvalue weighted by atomic mass is 10.1. The van der Waals surface area contributed by atoms with Crippen LogP contribution in [-0.2, 0) is 6.54 Å². The highest BCUT2D eigenvalue weighted by molar-refractivity contribution is 9.10. The maximum atomic E-state index is 14.8. The van der Waals surface area contributed by atoms with Gasteiger partial charge in [-0.2, -0.15) is 5.10 Å². The molecule has 0 radical (unpaired) electrons. The molecule has 0 aliphatic carbocycles. The molecule has 7 nitrogen and oxygen atoms in total. The van der Waals surface area contributed by atoms with Gasteiger partial charge in [0.1, 0.15) is 22.6 Å². The highest BCUT2D eigenvalue weighted by Crippen LogP contribution is 2.26. The molecule has 3 heterocycles. The zero-order valence-electron chi connectivity index (χ0n) is 17.5. The molecule has 0 spiro atoms. The van der Waals surface area contributed by atoms with E-state index in [2.05, 4.69) is 37.6 Å². The second-order valence-corrected chi connectivity index (χ2v) is 8.12. The fourth-order valence-electron chi connectivity index (χ4n) is 3.71. The normalized spacial score (nSPS) is 11.8. The molecule has 0 bridgehead atoms. The molecule has 0 fully saturated rings. The average molecular weight is 495 g/mol. The van der Waals surface area contributed by atoms with Crippen molar-refractivity contribution in [2.75, 3.05) is 5.73 Å². The second-order valence-electron chi connectivity index (χ2n) is 7.37. The molecule has 1 aromatic carbocycles. The summed E-state index contributed by atoms with van der Waals surface area (Å²) in [6.45, 7) is 7.60. The van der Waals surface area contributed by atoms with E-state index in [1.807, 2.05) is 19.9 Å². The highest BCUT2D eigenvalue weighted by atomic mass is 79.9. The van der Waals surface area contributed by atoms with E-state index in [1.165, 1.54) is 17.0 Å². The average Bonchev–Trinajstić information content (AvgIpc) is 3.05. The lowest BCUT2D eigenvalue weighted by Gasteiger charge is -2.15. The van der Waals surface area contributed by atoms with Crippen LogP contribution in [0.25, 0.3) is 28.4 Å². The molecule has 2 N–H and O–H groups in total. The molecule has 3 aromatic heterocycles. The van der Waals surface area contributed by atoms with Gasteiger partial charge >= 0.3 is 0 Å². The topological polar surface area (TPSA) is 91.6 Å². The number of rotatable bonds is 4. The van der Waals surface area contributed by atoms with E-state index < -0.39 is 5.82 Å². The number of halogens is 2. The fourth-order valence-corrected chi connectivity index (χ4v) is 4.28. The molecule has 0 saturated carbocycles. The molecule has 32 heavy (non-hydrogen) atoms. The largest absolute Gasteiger partial charge is 0.383 e. The first kappa shape index (κ1) is 21.6. The van der Waals surface area contributed by atoms with Crippen LogP contribution in [0.5, 0.6) is 0 Å². The van der Waals surface area contributed by atoms with Gasteiger partial charge in [-0.1, -0.05) is 36.4 Å². The standard InChI is InChI=1S/C23H20BrFN6O/c1-4-7-14-10-15(11-30-22-19(20(24)29-30)21(26)27-12-28-22)31(23(32)18(14)13(2)3)17-9-6-5-8-16(17)25/h4-10,12H,1,11H2,2-3H3,(H2,26,27,28)/b14-7-. The Bertz CT molecular complexity index is 1550. The second kappa shape index (κ2) is 8.51. The van der Waals surface area contributed by atoms with Gasteiger partial charge < -0.3 is 5.73 Å². The molecule has 0 aliphatic rings. The van der Waals surface area contributed by atoms with Crippen molar-refractivity contribution in [1.29, 1.82) is 0 Å². The van der Waals surface area contributed by atoms with Gasteiger partial charge in [-0.15, -0.1) is 0 Å². The number of nitrogens with two attached hydrogens (primary N) is 1. The van der Waals surface area contributed by atoms with Gasteiger partial charge in [0.05, 0.1) is 17.6 Å². The van der Waals surface area contributed by atoms with Crippen molar-refractivity contribution >= 4 is 44.4 Å². The number of fused-ring (bicyclic) bond motifs is 1. The molecule has 162 valence electrons. The first-order chi connectivity index (χ1) is 15.3. The van der Waals surface area contributed by atoms with Gasteiger partial charge in [0.15, 0.2) is 5.65 Å². The predicted octanol–water partition coefficient (Wildman–Crippen LogP) is 2.67. The summed E-state index contributed by atoms with van der Waals surface area (Å²) in [5.74, 6) is -0.221. The molecule has 9 heteroatoms. The quantitative estimate of drug-likeness (QED) is 0.470. The number of allylic oxidation sites excluding steroid dienone is 1. The highest BCUT2D eigenvalue weighted by Gasteiger charge is 2.18. The van der Waals surface area contributed by atoms with Crippen LogP contribution >= 0.6 is 15.9 Å². The van der Waals surface area contributed by atoms with E-state index in [1.54, 1.807) is 35.0 Å². The van der Waals surface area contributed by atoms with E-state index in [0.717, 1.165) is 5.57 Å². The Morgan fingerprint density at radius 2 is 2.03 bits per heavy atom. The summed E-state index contributed by atoms with van der Waals surface area (Å²) in [6.07, 6.45) is 4.73. The minimum absolute atomic E-state index is 0.142. The van der Waals surface area contributed by atoms with Crippen LogP contribution in [0.1, 0.15) is 19.5 Å². The molecular formula is C23H20BrFN6O. The van der Waals surface area contributed by atoms with Crippen molar-refractivity contribution in [3.63, 3.8) is 0 Å². The predicted molar refractivity (Wildman–Crippen MR) is 127 cm³/mol. The summed E-state index contributed by atoms with van der Waals surface area (Å²) < 4.78 is 18.3. The van der Waals surface area contributed by atoms with Gasteiger partial charge in [-0.05, 0) is 53.2 Å². The summed E-state index contributed by atoms with van der Waals surface area (Å²) >= 11 is 3.40. The third-order valence-corrected chi connectivity index (χ3v) is 5.59. The number of nitrogens with zero attached hydrogens (tertiary/aromatic N) is 5. The zero-order valence-corrected chi connectivity index (χ0v) is 19.1. The van der Waals surface area contributed by atoms with Crippen LogP contribution < -0.4 is 21.7 Å². The number of para-hydroxylation sites is 1. The summed E-state index contributed by atoms with van der Waals surface area (Å²) in [5.41, 5.74) is 7.64. The van der Waals surface area contributed by atoms with E-state index in [-0.39, 0.29) is 23.6 Å². The number of nitrogen functional groups attached to an aromatic ring is 1. The SMILES string of the molecule is C=C/C=c1/cc(Cn2nc(Br)c3c(N)ncnc32)n(-c2ccccc2F)c(=O)c1=C(C)C. The number of hydrogen-bond acceptors (Lipinski definition) is 5. The number of pyridine rings is 1. The lowest BCUT2D eigenvalue weighted by molar-refractivity contribution is 0.604. The number of aromatic nitrogens is 5. The van der Waals surface area contributed by atoms with Crippen LogP contribution in [-0.4, -0.2) is 24.3 Å². The van der Waals surface area contributed by atoms with Crippen LogP contribution in [0.2, 0.25) is 0 Å². The van der Waals surface area contributed by atoms with Crippen LogP contribution in [0.3, 0.4) is 0 Å². The smallest absolute Gasteiger partial charge is 0.263 e. The van der Waals surface area contributed by atoms with Crippen molar-refractivity contribution in [3.05, 3.63) is 86.2 Å². The van der Waals surface area contributed by atoms with Crippen molar-refractivity contribution < 1.29 is 4.39 Å². The minimum Gasteiger partial charge on any atom is -0.383 e. The fraction of sp³-hybridized carbons (Fsp3) is 0.130. The van der Waals surface area contributed by atoms with Crippen LogP contribution in [0, 0.1) is 5.82 Å². The third kappa shape index (κ3) is 3.64. The Hall–Kier alpha value is -3.59. The Kier molecular flexibility index (Phi) is 5.75. The minimum atomic E-state index is -0.505. The first-order valence-corrected chi connectivity index (χ1v) is 10.6. The maximum absolute atomic E-state index is 14.8. The van der Waals surface area contributed by atoms with Crippen molar-refractivity contribution in [1.82, 2.24) is 24.3 Å². The summed E-state index contributed by atoms with van der Waals surface area (Å²) in [7, 11) is 0. The number of benzene rings is 1. The third-order valence-electron chi connectivity index (χ3n) is 5.03. The molecule has 0 saturated heterocycles. The van der Waals surface area contributed by atoms with Crippen LogP contribution in [0.4, 0.5) is 10.2 Å². The summed E-state index contributed by atoms with van der Waals surface area (Å²) in [4.78, 5) is 21.9.